The van der Waals surface area contributed by atoms with Crippen LogP contribution >= 0.6 is 0 Å². The van der Waals surface area contributed by atoms with Crippen molar-refractivity contribution in [1.29, 1.82) is 0 Å². The maximum atomic E-state index is 11.9. The van der Waals surface area contributed by atoms with Crippen LogP contribution in [0.25, 0.3) is 11.5 Å². The van der Waals surface area contributed by atoms with Gasteiger partial charge in [-0.3, -0.25) is 4.79 Å². The van der Waals surface area contributed by atoms with Gasteiger partial charge in [0, 0.05) is 17.5 Å². The molecule has 6 nitrogen and oxygen atoms in total. The molecule has 128 valence electrons. The number of carbonyl (C=O) groups is 1. The standard InChI is InChI=1S/C18H24N4O2/c1-17(2,3)16(23)20-11-12-5-7-13(8-6-12)14-21-15(22-24-14)18(19)9-4-10-18/h5-8H,4,9-11,19H2,1-3H3,(H,20,23). The predicted octanol–water partition coefficient (Wildman–Crippen LogP) is 2.74. The summed E-state index contributed by atoms with van der Waals surface area (Å²) < 4.78 is 5.34. The predicted molar refractivity (Wildman–Crippen MR) is 90.8 cm³/mol. The van der Waals surface area contributed by atoms with Crippen LogP contribution in [0.4, 0.5) is 0 Å². The van der Waals surface area contributed by atoms with Crippen LogP contribution in [-0.2, 0) is 16.9 Å². The van der Waals surface area contributed by atoms with E-state index in [0.29, 0.717) is 18.3 Å². The minimum atomic E-state index is -0.418. The largest absolute Gasteiger partial charge is 0.352 e. The van der Waals surface area contributed by atoms with Crippen LogP contribution in [0.3, 0.4) is 0 Å². The van der Waals surface area contributed by atoms with Crippen molar-refractivity contribution in [3.63, 3.8) is 0 Å². The van der Waals surface area contributed by atoms with Crippen LogP contribution in [-0.4, -0.2) is 16.0 Å². The Hall–Kier alpha value is -2.21. The fourth-order valence-electron chi connectivity index (χ4n) is 2.54. The van der Waals surface area contributed by atoms with E-state index < -0.39 is 5.54 Å². The van der Waals surface area contributed by atoms with Gasteiger partial charge in [-0.1, -0.05) is 38.1 Å². The Balaban J connectivity index is 1.65. The van der Waals surface area contributed by atoms with Gasteiger partial charge >= 0.3 is 0 Å². The lowest BCUT2D eigenvalue weighted by Gasteiger charge is -2.34. The number of carbonyl (C=O) groups excluding carboxylic acids is 1. The van der Waals surface area contributed by atoms with Crippen LogP contribution in [0.5, 0.6) is 0 Å². The molecule has 0 spiro atoms. The molecule has 1 heterocycles. The van der Waals surface area contributed by atoms with Crippen molar-refractivity contribution in [1.82, 2.24) is 15.5 Å². The van der Waals surface area contributed by atoms with Crippen molar-refractivity contribution in [3.8, 4) is 11.5 Å². The zero-order valence-electron chi connectivity index (χ0n) is 14.4. The van der Waals surface area contributed by atoms with Crippen LogP contribution in [0.15, 0.2) is 28.8 Å². The first-order valence-electron chi connectivity index (χ1n) is 8.29. The van der Waals surface area contributed by atoms with Gasteiger partial charge in [0.1, 0.15) is 0 Å². The number of nitrogens with zero attached hydrogens (tertiary/aromatic N) is 2. The topological polar surface area (TPSA) is 94.0 Å². The first-order chi connectivity index (χ1) is 11.3. The molecule has 0 saturated heterocycles. The Morgan fingerprint density at radius 2 is 1.96 bits per heavy atom. The monoisotopic (exact) mass is 328 g/mol. The first-order valence-corrected chi connectivity index (χ1v) is 8.29. The molecule has 24 heavy (non-hydrogen) atoms. The molecule has 0 aliphatic heterocycles. The van der Waals surface area contributed by atoms with Gasteiger partial charge in [0.25, 0.3) is 5.89 Å². The molecule has 1 fully saturated rings. The fourth-order valence-corrected chi connectivity index (χ4v) is 2.54. The van der Waals surface area contributed by atoms with Crippen molar-refractivity contribution in [2.75, 3.05) is 0 Å². The lowest BCUT2D eigenvalue weighted by atomic mass is 9.77. The minimum absolute atomic E-state index is 0.0295. The average molecular weight is 328 g/mol. The highest BCUT2D eigenvalue weighted by Gasteiger charge is 2.39. The van der Waals surface area contributed by atoms with Gasteiger partial charge in [-0.2, -0.15) is 4.98 Å². The summed E-state index contributed by atoms with van der Waals surface area (Å²) in [5, 5.41) is 6.96. The van der Waals surface area contributed by atoms with Gasteiger partial charge < -0.3 is 15.6 Å². The third kappa shape index (κ3) is 3.33. The second kappa shape index (κ2) is 6.02. The smallest absolute Gasteiger partial charge is 0.257 e. The van der Waals surface area contributed by atoms with Gasteiger partial charge in [-0.15, -0.1) is 0 Å². The van der Waals surface area contributed by atoms with Gasteiger partial charge in [0.2, 0.25) is 5.91 Å². The van der Waals surface area contributed by atoms with E-state index in [1.807, 2.05) is 45.0 Å². The van der Waals surface area contributed by atoms with E-state index in [1.54, 1.807) is 0 Å². The van der Waals surface area contributed by atoms with E-state index in [9.17, 15) is 4.79 Å². The van der Waals surface area contributed by atoms with E-state index in [1.165, 1.54) is 0 Å². The summed E-state index contributed by atoms with van der Waals surface area (Å²) >= 11 is 0. The average Bonchev–Trinajstić information content (AvgIpc) is 3.00. The van der Waals surface area contributed by atoms with Crippen molar-refractivity contribution < 1.29 is 9.32 Å². The Morgan fingerprint density at radius 3 is 2.50 bits per heavy atom. The van der Waals surface area contributed by atoms with Crippen LogP contribution in [0.1, 0.15) is 51.4 Å². The van der Waals surface area contributed by atoms with Crippen LogP contribution in [0.2, 0.25) is 0 Å². The number of nitrogens with two attached hydrogens (primary N) is 1. The van der Waals surface area contributed by atoms with Gasteiger partial charge in [-0.05, 0) is 37.0 Å². The van der Waals surface area contributed by atoms with Gasteiger partial charge in [0.15, 0.2) is 5.82 Å². The van der Waals surface area contributed by atoms with Gasteiger partial charge in [-0.25, -0.2) is 0 Å². The molecule has 1 amide bonds. The van der Waals surface area contributed by atoms with Crippen LogP contribution in [0, 0.1) is 5.41 Å². The Morgan fingerprint density at radius 1 is 1.29 bits per heavy atom. The third-order valence-corrected chi connectivity index (χ3v) is 4.45. The second-order valence-corrected chi connectivity index (χ2v) is 7.56. The number of amides is 1. The second-order valence-electron chi connectivity index (χ2n) is 7.56. The molecule has 0 bridgehead atoms. The van der Waals surface area contributed by atoms with Crippen molar-refractivity contribution in [2.45, 2.75) is 52.1 Å². The molecule has 0 unspecified atom stereocenters. The SMILES string of the molecule is CC(C)(C)C(=O)NCc1ccc(-c2nc(C3(N)CCC3)no2)cc1. The highest BCUT2D eigenvalue weighted by Crippen LogP contribution is 2.37. The summed E-state index contributed by atoms with van der Waals surface area (Å²) in [6, 6.07) is 7.73. The van der Waals surface area contributed by atoms with E-state index >= 15 is 0 Å². The van der Waals surface area contributed by atoms with E-state index in [-0.39, 0.29) is 11.3 Å². The summed E-state index contributed by atoms with van der Waals surface area (Å²) in [6.07, 6.45) is 2.91. The Labute approximate surface area is 141 Å². The molecule has 3 rings (SSSR count). The Bertz CT molecular complexity index is 724. The first kappa shape index (κ1) is 16.6. The minimum Gasteiger partial charge on any atom is -0.352 e. The van der Waals surface area contributed by atoms with Crippen molar-refractivity contribution in [3.05, 3.63) is 35.7 Å². The summed E-state index contributed by atoms with van der Waals surface area (Å²) in [7, 11) is 0. The highest BCUT2D eigenvalue weighted by molar-refractivity contribution is 5.81. The molecular weight excluding hydrogens is 304 g/mol. The maximum Gasteiger partial charge on any atom is 0.257 e. The molecule has 2 aromatic rings. The molecule has 1 aromatic heterocycles. The number of rotatable bonds is 4. The summed E-state index contributed by atoms with van der Waals surface area (Å²) in [4.78, 5) is 16.3. The van der Waals surface area contributed by atoms with E-state index in [2.05, 4.69) is 15.5 Å². The molecule has 1 aliphatic carbocycles. The maximum absolute atomic E-state index is 11.9. The normalized spacial score (nSPS) is 16.5. The summed E-state index contributed by atoms with van der Waals surface area (Å²) in [6.45, 7) is 6.18. The molecule has 1 saturated carbocycles. The van der Waals surface area contributed by atoms with Gasteiger partial charge in [0.05, 0.1) is 5.54 Å². The number of hydrogen-bond donors (Lipinski definition) is 2. The zero-order chi connectivity index (χ0) is 17.4. The summed E-state index contributed by atoms with van der Waals surface area (Å²) in [5.41, 5.74) is 7.28. The third-order valence-electron chi connectivity index (χ3n) is 4.45. The molecule has 1 aliphatic rings. The molecule has 6 heteroatoms. The van der Waals surface area contributed by atoms with Crippen molar-refractivity contribution in [2.24, 2.45) is 11.1 Å². The molecule has 1 aromatic carbocycles. The number of nitrogens with one attached hydrogen (secondary N) is 1. The quantitative estimate of drug-likeness (QED) is 0.900. The molecule has 0 radical (unpaired) electrons. The fraction of sp³-hybridized carbons (Fsp3) is 0.500. The highest BCUT2D eigenvalue weighted by atomic mass is 16.5. The molecule has 3 N–H and O–H groups in total. The number of hydrogen-bond acceptors (Lipinski definition) is 5. The Kier molecular flexibility index (Phi) is 4.17. The molecular formula is C18H24N4O2. The van der Waals surface area contributed by atoms with Crippen LogP contribution < -0.4 is 11.1 Å². The number of aromatic nitrogens is 2. The van der Waals surface area contributed by atoms with E-state index in [0.717, 1.165) is 30.4 Å². The summed E-state index contributed by atoms with van der Waals surface area (Å²) in [5.74, 6) is 1.10. The lowest BCUT2D eigenvalue weighted by molar-refractivity contribution is -0.128. The zero-order valence-corrected chi connectivity index (χ0v) is 14.4. The number of benzene rings is 1. The lowest BCUT2D eigenvalue weighted by Crippen LogP contribution is -2.44. The molecule has 0 atom stereocenters. The van der Waals surface area contributed by atoms with E-state index in [4.69, 9.17) is 10.3 Å². The van der Waals surface area contributed by atoms with Crippen molar-refractivity contribution >= 4 is 5.91 Å².